The molecule has 2 aliphatic heterocycles. The molecule has 0 aliphatic carbocycles. The number of nitrogens with zero attached hydrogens (tertiary/aromatic N) is 1. The fourth-order valence-electron chi connectivity index (χ4n) is 2.74. The van der Waals surface area contributed by atoms with Crippen molar-refractivity contribution in [1.82, 2.24) is 4.31 Å². The van der Waals surface area contributed by atoms with Crippen molar-refractivity contribution >= 4 is 27.5 Å². The van der Waals surface area contributed by atoms with Crippen molar-refractivity contribution < 1.29 is 8.42 Å². The lowest BCUT2D eigenvalue weighted by Crippen LogP contribution is -2.41. The van der Waals surface area contributed by atoms with Crippen LogP contribution < -0.4 is 5.32 Å². The highest BCUT2D eigenvalue weighted by Crippen LogP contribution is 2.29. The minimum absolute atomic E-state index is 0.422. The van der Waals surface area contributed by atoms with Crippen LogP contribution >= 0.6 is 11.8 Å². The average molecular weight is 312 g/mol. The number of sulfonamides is 1. The topological polar surface area (TPSA) is 49.4 Å². The molecule has 20 heavy (non-hydrogen) atoms. The Labute approximate surface area is 125 Å². The highest BCUT2D eigenvalue weighted by atomic mass is 32.2. The number of anilines is 1. The number of benzene rings is 1. The molecule has 0 radical (unpaired) electrons. The van der Waals surface area contributed by atoms with Crippen LogP contribution in [0.3, 0.4) is 0 Å². The van der Waals surface area contributed by atoms with E-state index in [4.69, 9.17) is 0 Å². The SMILES string of the molecule is CCC1CN(S(=O)(=O)c2ccc3c(c2)NCC3)CCS1. The lowest BCUT2D eigenvalue weighted by Gasteiger charge is -2.31. The number of hydrogen-bond donors (Lipinski definition) is 1. The Hall–Kier alpha value is -0.720. The number of fused-ring (bicyclic) bond motifs is 1. The predicted octanol–water partition coefficient (Wildman–Crippen LogP) is 2.17. The van der Waals surface area contributed by atoms with E-state index in [1.165, 1.54) is 5.56 Å². The van der Waals surface area contributed by atoms with Gasteiger partial charge in [0, 0.05) is 36.3 Å². The van der Waals surface area contributed by atoms with E-state index in [0.717, 1.165) is 30.8 Å². The summed E-state index contributed by atoms with van der Waals surface area (Å²) in [4.78, 5) is 0.424. The summed E-state index contributed by atoms with van der Waals surface area (Å²) in [6.45, 7) is 4.27. The molecule has 0 amide bonds. The van der Waals surface area contributed by atoms with Crippen LogP contribution in [0.4, 0.5) is 5.69 Å². The first-order valence-corrected chi connectivity index (χ1v) is 9.58. The summed E-state index contributed by atoms with van der Waals surface area (Å²) in [5.41, 5.74) is 2.19. The molecule has 1 saturated heterocycles. The van der Waals surface area contributed by atoms with Crippen LogP contribution in [0, 0.1) is 0 Å². The van der Waals surface area contributed by atoms with Gasteiger partial charge in [0.1, 0.15) is 0 Å². The molecule has 2 heterocycles. The van der Waals surface area contributed by atoms with Crippen molar-refractivity contribution in [2.45, 2.75) is 29.9 Å². The van der Waals surface area contributed by atoms with E-state index in [-0.39, 0.29) is 0 Å². The molecule has 1 unspecified atom stereocenters. The normalized spacial score (nSPS) is 23.4. The van der Waals surface area contributed by atoms with E-state index in [9.17, 15) is 8.42 Å². The van der Waals surface area contributed by atoms with E-state index < -0.39 is 10.0 Å². The molecular formula is C14H20N2O2S2. The van der Waals surface area contributed by atoms with Crippen LogP contribution in [0.5, 0.6) is 0 Å². The van der Waals surface area contributed by atoms with Crippen molar-refractivity contribution in [3.8, 4) is 0 Å². The standard InChI is InChI=1S/C14H20N2O2S2/c1-2-12-10-16(7-8-19-12)20(17,18)13-4-3-11-5-6-15-14(11)9-13/h3-4,9,12,15H,2,5-8,10H2,1H3. The molecule has 2 aliphatic rings. The molecule has 110 valence electrons. The molecular weight excluding hydrogens is 292 g/mol. The molecule has 0 bridgehead atoms. The van der Waals surface area contributed by atoms with Crippen molar-refractivity contribution in [3.05, 3.63) is 23.8 Å². The van der Waals surface area contributed by atoms with Gasteiger partial charge in [0.05, 0.1) is 4.90 Å². The zero-order valence-corrected chi connectivity index (χ0v) is 13.3. The van der Waals surface area contributed by atoms with E-state index >= 15 is 0 Å². The van der Waals surface area contributed by atoms with E-state index in [1.54, 1.807) is 16.4 Å². The molecule has 1 aromatic rings. The predicted molar refractivity (Wildman–Crippen MR) is 83.9 cm³/mol. The fraction of sp³-hybridized carbons (Fsp3) is 0.571. The van der Waals surface area contributed by atoms with Gasteiger partial charge < -0.3 is 5.32 Å². The van der Waals surface area contributed by atoms with Crippen molar-refractivity contribution in [2.24, 2.45) is 0 Å². The van der Waals surface area contributed by atoms with Gasteiger partial charge in [0.25, 0.3) is 0 Å². The summed E-state index contributed by atoms with van der Waals surface area (Å²) >= 11 is 1.88. The third kappa shape index (κ3) is 2.56. The van der Waals surface area contributed by atoms with Crippen molar-refractivity contribution in [3.63, 3.8) is 0 Å². The zero-order chi connectivity index (χ0) is 14.2. The van der Waals surface area contributed by atoms with E-state index in [0.29, 0.717) is 23.2 Å². The number of nitrogens with one attached hydrogen (secondary N) is 1. The second kappa shape index (κ2) is 5.58. The second-order valence-corrected chi connectivity index (χ2v) is 8.61. The second-order valence-electron chi connectivity index (χ2n) is 5.26. The highest BCUT2D eigenvalue weighted by Gasteiger charge is 2.30. The molecule has 0 spiro atoms. The van der Waals surface area contributed by atoms with Gasteiger partial charge in [-0.3, -0.25) is 0 Å². The third-order valence-electron chi connectivity index (χ3n) is 3.99. The fourth-order valence-corrected chi connectivity index (χ4v) is 5.64. The van der Waals surface area contributed by atoms with E-state index in [1.807, 2.05) is 17.8 Å². The summed E-state index contributed by atoms with van der Waals surface area (Å²) in [7, 11) is -3.35. The number of hydrogen-bond acceptors (Lipinski definition) is 4. The van der Waals surface area contributed by atoms with Crippen LogP contribution in [-0.2, 0) is 16.4 Å². The maximum atomic E-state index is 12.7. The first-order valence-electron chi connectivity index (χ1n) is 7.10. The van der Waals surface area contributed by atoms with Crippen molar-refractivity contribution in [2.75, 3.05) is 30.7 Å². The van der Waals surface area contributed by atoms with E-state index in [2.05, 4.69) is 12.2 Å². The minimum atomic E-state index is -3.35. The quantitative estimate of drug-likeness (QED) is 0.929. The van der Waals surface area contributed by atoms with Gasteiger partial charge in [-0.1, -0.05) is 13.0 Å². The summed E-state index contributed by atoms with van der Waals surface area (Å²) in [5.74, 6) is 0.890. The van der Waals surface area contributed by atoms with Crippen molar-refractivity contribution in [1.29, 1.82) is 0 Å². The molecule has 1 N–H and O–H groups in total. The van der Waals surface area contributed by atoms with Gasteiger partial charge in [-0.25, -0.2) is 8.42 Å². The Morgan fingerprint density at radius 1 is 1.45 bits per heavy atom. The van der Waals surface area contributed by atoms with Crippen LogP contribution in [-0.4, -0.2) is 43.4 Å². The van der Waals surface area contributed by atoms with Gasteiger partial charge >= 0.3 is 0 Å². The third-order valence-corrected chi connectivity index (χ3v) is 7.22. The molecule has 1 atom stereocenters. The summed E-state index contributed by atoms with van der Waals surface area (Å²) < 4.78 is 27.1. The van der Waals surface area contributed by atoms with Gasteiger partial charge in [-0.2, -0.15) is 16.1 Å². The molecule has 1 aromatic carbocycles. The molecule has 0 saturated carbocycles. The summed E-state index contributed by atoms with van der Waals surface area (Å²) in [6.07, 6.45) is 2.00. The molecule has 3 rings (SSSR count). The summed E-state index contributed by atoms with van der Waals surface area (Å²) in [5, 5.41) is 3.67. The summed E-state index contributed by atoms with van der Waals surface area (Å²) in [6, 6.07) is 5.49. The van der Waals surface area contributed by atoms with Gasteiger partial charge in [-0.15, -0.1) is 0 Å². The van der Waals surface area contributed by atoms with Crippen LogP contribution in [0.25, 0.3) is 0 Å². The molecule has 6 heteroatoms. The Kier molecular flexibility index (Phi) is 3.97. The molecule has 1 fully saturated rings. The molecule has 0 aromatic heterocycles. The van der Waals surface area contributed by atoms with Crippen LogP contribution in [0.1, 0.15) is 18.9 Å². The first-order chi connectivity index (χ1) is 9.61. The average Bonchev–Trinajstić information content (AvgIpc) is 2.94. The number of thioether (sulfide) groups is 1. The maximum Gasteiger partial charge on any atom is 0.243 e. The van der Waals surface area contributed by atoms with Gasteiger partial charge in [0.2, 0.25) is 10.0 Å². The smallest absolute Gasteiger partial charge is 0.243 e. The van der Waals surface area contributed by atoms with Crippen LogP contribution in [0.2, 0.25) is 0 Å². The Bertz CT molecular complexity index is 601. The van der Waals surface area contributed by atoms with Gasteiger partial charge in [0.15, 0.2) is 0 Å². The zero-order valence-electron chi connectivity index (χ0n) is 11.6. The largest absolute Gasteiger partial charge is 0.384 e. The Morgan fingerprint density at radius 3 is 3.10 bits per heavy atom. The lowest BCUT2D eigenvalue weighted by atomic mass is 10.2. The van der Waals surface area contributed by atoms with Gasteiger partial charge in [-0.05, 0) is 30.5 Å². The molecule has 4 nitrogen and oxygen atoms in total. The highest BCUT2D eigenvalue weighted by molar-refractivity contribution is 8.00. The first kappa shape index (κ1) is 14.2. The lowest BCUT2D eigenvalue weighted by molar-refractivity contribution is 0.416. The Balaban J connectivity index is 1.87. The number of rotatable bonds is 3. The maximum absolute atomic E-state index is 12.7. The Morgan fingerprint density at radius 2 is 2.30 bits per heavy atom. The monoisotopic (exact) mass is 312 g/mol. The van der Waals surface area contributed by atoms with Crippen LogP contribution in [0.15, 0.2) is 23.1 Å². The minimum Gasteiger partial charge on any atom is -0.384 e.